The lowest BCUT2D eigenvalue weighted by atomic mass is 10.1. The maximum absolute atomic E-state index is 12.1. The van der Waals surface area contributed by atoms with E-state index < -0.39 is 0 Å². The molecule has 1 aromatic carbocycles. The molecule has 116 valence electrons. The van der Waals surface area contributed by atoms with Crippen molar-refractivity contribution >= 4 is 17.5 Å². The van der Waals surface area contributed by atoms with Gasteiger partial charge in [-0.15, -0.1) is 0 Å². The van der Waals surface area contributed by atoms with E-state index in [1.165, 1.54) is 0 Å². The number of anilines is 1. The van der Waals surface area contributed by atoms with Gasteiger partial charge in [0.25, 0.3) is 5.91 Å². The highest BCUT2D eigenvalue weighted by molar-refractivity contribution is 6.04. The normalized spacial score (nSPS) is 10.5. The van der Waals surface area contributed by atoms with Crippen molar-refractivity contribution in [2.24, 2.45) is 5.92 Å². The van der Waals surface area contributed by atoms with Gasteiger partial charge < -0.3 is 16.0 Å². The zero-order chi connectivity index (χ0) is 15.7. The molecule has 0 radical (unpaired) electrons. The molecule has 0 saturated carbocycles. The average Bonchev–Trinajstić information content (AvgIpc) is 2.45. The van der Waals surface area contributed by atoms with Gasteiger partial charge >= 0.3 is 0 Å². The van der Waals surface area contributed by atoms with Crippen LogP contribution in [0.5, 0.6) is 0 Å². The number of nitrogens with one attached hydrogen (secondary N) is 3. The molecular formula is C16H25N3O2. The first-order valence-electron chi connectivity index (χ1n) is 7.42. The Morgan fingerprint density at radius 2 is 1.90 bits per heavy atom. The summed E-state index contributed by atoms with van der Waals surface area (Å²) in [5, 5.41) is 8.67. The number of hydrogen-bond acceptors (Lipinski definition) is 3. The summed E-state index contributed by atoms with van der Waals surface area (Å²) in [6, 6.07) is 7.04. The van der Waals surface area contributed by atoms with Gasteiger partial charge in [0.1, 0.15) is 0 Å². The first kappa shape index (κ1) is 17.2. The molecule has 0 atom stereocenters. The van der Waals surface area contributed by atoms with Crippen molar-refractivity contribution in [3.8, 4) is 0 Å². The predicted octanol–water partition coefficient (Wildman–Crippen LogP) is 2.01. The lowest BCUT2D eigenvalue weighted by Crippen LogP contribution is -2.31. The Kier molecular flexibility index (Phi) is 7.46. The van der Waals surface area contributed by atoms with Crippen LogP contribution >= 0.6 is 0 Å². The average molecular weight is 291 g/mol. The minimum absolute atomic E-state index is 0.146. The molecule has 5 nitrogen and oxygen atoms in total. The van der Waals surface area contributed by atoms with Crippen LogP contribution in [0, 0.1) is 5.92 Å². The first-order valence-corrected chi connectivity index (χ1v) is 7.42. The monoisotopic (exact) mass is 291 g/mol. The molecule has 1 rings (SSSR count). The van der Waals surface area contributed by atoms with Gasteiger partial charge in [-0.1, -0.05) is 32.9 Å². The molecule has 1 aromatic rings. The number of benzene rings is 1. The number of amides is 2. The lowest BCUT2D eigenvalue weighted by Gasteiger charge is -2.12. The maximum atomic E-state index is 12.1. The SMILES string of the molecule is CCCNCC(=O)Nc1ccccc1C(=O)NCC(C)C. The smallest absolute Gasteiger partial charge is 0.253 e. The van der Waals surface area contributed by atoms with Gasteiger partial charge in [-0.3, -0.25) is 9.59 Å². The first-order chi connectivity index (χ1) is 10.0. The van der Waals surface area contributed by atoms with Crippen LogP contribution in [-0.2, 0) is 4.79 Å². The molecule has 0 saturated heterocycles. The van der Waals surface area contributed by atoms with E-state index in [9.17, 15) is 9.59 Å². The summed E-state index contributed by atoms with van der Waals surface area (Å²) in [6.07, 6.45) is 0.974. The largest absolute Gasteiger partial charge is 0.352 e. The zero-order valence-corrected chi connectivity index (χ0v) is 13.0. The van der Waals surface area contributed by atoms with E-state index in [0.29, 0.717) is 23.7 Å². The highest BCUT2D eigenvalue weighted by Gasteiger charge is 2.12. The van der Waals surface area contributed by atoms with Crippen molar-refractivity contribution in [2.75, 3.05) is 25.0 Å². The lowest BCUT2D eigenvalue weighted by molar-refractivity contribution is -0.115. The van der Waals surface area contributed by atoms with Gasteiger partial charge in [0.15, 0.2) is 0 Å². The second-order valence-electron chi connectivity index (χ2n) is 5.37. The van der Waals surface area contributed by atoms with Gasteiger partial charge in [-0.25, -0.2) is 0 Å². The number of carbonyl (C=O) groups excluding carboxylic acids is 2. The van der Waals surface area contributed by atoms with E-state index in [1.54, 1.807) is 24.3 Å². The van der Waals surface area contributed by atoms with Crippen LogP contribution in [-0.4, -0.2) is 31.4 Å². The fourth-order valence-electron chi connectivity index (χ4n) is 1.76. The number of para-hydroxylation sites is 1. The Morgan fingerprint density at radius 3 is 2.57 bits per heavy atom. The minimum atomic E-state index is -0.166. The summed E-state index contributed by atoms with van der Waals surface area (Å²) in [5.41, 5.74) is 1.03. The van der Waals surface area contributed by atoms with E-state index >= 15 is 0 Å². The summed E-state index contributed by atoms with van der Waals surface area (Å²) in [5.74, 6) is 0.0719. The molecule has 0 aliphatic carbocycles. The van der Waals surface area contributed by atoms with Crippen LogP contribution in [0.3, 0.4) is 0 Å². The Morgan fingerprint density at radius 1 is 1.19 bits per heavy atom. The predicted molar refractivity (Wildman–Crippen MR) is 85.4 cm³/mol. The van der Waals surface area contributed by atoms with Gasteiger partial charge in [-0.05, 0) is 31.0 Å². The molecule has 21 heavy (non-hydrogen) atoms. The fourth-order valence-corrected chi connectivity index (χ4v) is 1.76. The van der Waals surface area contributed by atoms with Gasteiger partial charge in [0, 0.05) is 6.54 Å². The topological polar surface area (TPSA) is 70.2 Å². The molecule has 0 unspecified atom stereocenters. The van der Waals surface area contributed by atoms with E-state index in [1.807, 2.05) is 20.8 Å². The van der Waals surface area contributed by atoms with E-state index in [2.05, 4.69) is 16.0 Å². The molecule has 0 fully saturated rings. The van der Waals surface area contributed by atoms with E-state index in [0.717, 1.165) is 13.0 Å². The highest BCUT2D eigenvalue weighted by Crippen LogP contribution is 2.14. The van der Waals surface area contributed by atoms with Crippen molar-refractivity contribution in [1.29, 1.82) is 0 Å². The summed E-state index contributed by atoms with van der Waals surface area (Å²) in [6.45, 7) is 7.76. The highest BCUT2D eigenvalue weighted by atomic mass is 16.2. The molecule has 5 heteroatoms. The summed E-state index contributed by atoms with van der Waals surface area (Å²) in [4.78, 5) is 24.0. The Labute approximate surface area is 126 Å². The molecular weight excluding hydrogens is 266 g/mol. The Hall–Kier alpha value is -1.88. The second-order valence-corrected chi connectivity index (χ2v) is 5.37. The van der Waals surface area contributed by atoms with Gasteiger partial charge in [-0.2, -0.15) is 0 Å². The zero-order valence-electron chi connectivity index (χ0n) is 13.0. The third-order valence-electron chi connectivity index (χ3n) is 2.83. The van der Waals surface area contributed by atoms with E-state index in [4.69, 9.17) is 0 Å². The Balaban J connectivity index is 2.66. The summed E-state index contributed by atoms with van der Waals surface area (Å²) in [7, 11) is 0. The van der Waals surface area contributed by atoms with Gasteiger partial charge in [0.2, 0.25) is 5.91 Å². The van der Waals surface area contributed by atoms with Crippen LogP contribution in [0.1, 0.15) is 37.6 Å². The standard InChI is InChI=1S/C16H25N3O2/c1-4-9-17-11-15(20)19-14-8-6-5-7-13(14)16(21)18-10-12(2)3/h5-8,12,17H,4,9-11H2,1-3H3,(H,18,21)(H,19,20). The van der Waals surface area contributed by atoms with E-state index in [-0.39, 0.29) is 18.4 Å². The summed E-state index contributed by atoms with van der Waals surface area (Å²) >= 11 is 0. The third kappa shape index (κ3) is 6.40. The van der Waals surface area contributed by atoms with Gasteiger partial charge in [0.05, 0.1) is 17.8 Å². The summed E-state index contributed by atoms with van der Waals surface area (Å²) < 4.78 is 0. The second kappa shape index (κ2) is 9.13. The fraction of sp³-hybridized carbons (Fsp3) is 0.500. The van der Waals surface area contributed by atoms with Crippen LogP contribution < -0.4 is 16.0 Å². The van der Waals surface area contributed by atoms with Crippen LogP contribution in [0.4, 0.5) is 5.69 Å². The van der Waals surface area contributed by atoms with Crippen molar-refractivity contribution in [1.82, 2.24) is 10.6 Å². The number of hydrogen-bond donors (Lipinski definition) is 3. The van der Waals surface area contributed by atoms with Crippen molar-refractivity contribution in [3.63, 3.8) is 0 Å². The number of rotatable bonds is 8. The van der Waals surface area contributed by atoms with Crippen molar-refractivity contribution < 1.29 is 9.59 Å². The molecule has 0 aliphatic rings. The van der Waals surface area contributed by atoms with Crippen LogP contribution in [0.15, 0.2) is 24.3 Å². The molecule has 0 heterocycles. The molecule has 0 spiro atoms. The van der Waals surface area contributed by atoms with Crippen molar-refractivity contribution in [2.45, 2.75) is 27.2 Å². The van der Waals surface area contributed by atoms with Crippen molar-refractivity contribution in [3.05, 3.63) is 29.8 Å². The molecule has 2 amide bonds. The van der Waals surface area contributed by atoms with Crippen LogP contribution in [0.25, 0.3) is 0 Å². The molecule has 0 aromatic heterocycles. The number of carbonyl (C=O) groups is 2. The molecule has 3 N–H and O–H groups in total. The third-order valence-corrected chi connectivity index (χ3v) is 2.83. The molecule has 0 bridgehead atoms. The van der Waals surface area contributed by atoms with Crippen LogP contribution in [0.2, 0.25) is 0 Å². The molecule has 0 aliphatic heterocycles. The maximum Gasteiger partial charge on any atom is 0.253 e. The minimum Gasteiger partial charge on any atom is -0.352 e. The quantitative estimate of drug-likeness (QED) is 0.642. The Bertz CT molecular complexity index is 472.